The van der Waals surface area contributed by atoms with Crippen molar-refractivity contribution in [2.75, 3.05) is 20.7 Å². The van der Waals surface area contributed by atoms with Crippen LogP contribution in [0.15, 0.2) is 36.4 Å². The lowest BCUT2D eigenvalue weighted by molar-refractivity contribution is -0.144. The zero-order chi connectivity index (χ0) is 51.0. The van der Waals surface area contributed by atoms with E-state index in [0.717, 1.165) is 88.0 Å². The molecule has 0 spiro atoms. The number of carboxylic acids is 1. The number of carbonyl (C=O) groups is 4. The lowest BCUT2D eigenvalue weighted by Crippen LogP contribution is -2.55. The van der Waals surface area contributed by atoms with E-state index in [1.807, 2.05) is 13.0 Å². The number of fused-ring (bicyclic) bond motifs is 2. The summed E-state index contributed by atoms with van der Waals surface area (Å²) in [4.78, 5) is 49.9. The summed E-state index contributed by atoms with van der Waals surface area (Å²) in [6.45, 7) is 3.28. The van der Waals surface area contributed by atoms with Crippen molar-refractivity contribution < 1.29 is 48.3 Å². The Labute approximate surface area is 414 Å². The Morgan fingerprint density at radius 2 is 1.20 bits per heavy atom. The molecule has 5 N–H and O–H groups in total. The quantitative estimate of drug-likeness (QED) is 0.140. The van der Waals surface area contributed by atoms with Crippen LogP contribution in [-0.2, 0) is 32.3 Å². The van der Waals surface area contributed by atoms with E-state index in [-0.39, 0.29) is 50.6 Å². The number of hydrogen-bond acceptors (Lipinski definition) is 17. The van der Waals surface area contributed by atoms with Crippen LogP contribution in [0.5, 0.6) is 23.0 Å². The van der Waals surface area contributed by atoms with Crippen LogP contribution in [0.2, 0.25) is 0 Å². The van der Waals surface area contributed by atoms with Gasteiger partial charge in [-0.2, -0.15) is 14.9 Å². The van der Waals surface area contributed by atoms with Crippen LogP contribution in [0.4, 0.5) is 0 Å². The van der Waals surface area contributed by atoms with Crippen LogP contribution in [0.3, 0.4) is 0 Å². The zero-order valence-electron chi connectivity index (χ0n) is 41.2. The van der Waals surface area contributed by atoms with Gasteiger partial charge in [-0.1, -0.05) is 64.2 Å². The Kier molecular flexibility index (Phi) is 22.9. The number of rotatable bonds is 10. The number of nitrogens with two attached hydrogens (primary N) is 1. The van der Waals surface area contributed by atoms with E-state index < -0.39 is 12.0 Å². The molecule has 4 saturated carbocycles. The van der Waals surface area contributed by atoms with Crippen molar-refractivity contribution in [2.45, 2.75) is 167 Å². The van der Waals surface area contributed by atoms with Crippen LogP contribution in [0, 0.1) is 17.2 Å². The maximum absolute atomic E-state index is 13.5. The standard InChI is InChI=1S/C24H32N6O4.C10H8N4O4.C6H9N.C6H13N.C2H4O.CH4O/c1-16(24(32)25-18-7-5-6-8-18)30(19-9-3-2-4-10-19)22(31)14-29-27-23(26-28-29)17-11-12-20-21(13-17)34-15-33-20;15-9(16)4-14-12-10(11-13-14)6-1-2-7-8(3-6)18-5-17-7;7-5-6-3-1-2-4-6;7-6-4-2-1-3-5-6;1-2-3;1-2/h11-13,16,18-19H,2-10,14-15H2,1H3,(H,25,32);1-3H,4-5H2,(H,15,16);6H,1-4H2;6H,1-5,7H2;2H,1H3;2H,1H3. The second-order valence-corrected chi connectivity index (χ2v) is 17.8. The van der Waals surface area contributed by atoms with Crippen molar-refractivity contribution in [1.82, 2.24) is 50.6 Å². The Morgan fingerprint density at radius 3 is 1.65 bits per heavy atom. The van der Waals surface area contributed by atoms with E-state index in [0.29, 0.717) is 52.2 Å². The van der Waals surface area contributed by atoms with Gasteiger partial charge in [0.1, 0.15) is 18.9 Å². The number of amides is 2. The summed E-state index contributed by atoms with van der Waals surface area (Å²) in [6, 6.07) is 13.2. The van der Waals surface area contributed by atoms with Gasteiger partial charge in [-0.3, -0.25) is 14.4 Å². The number of nitrogens with one attached hydrogen (secondary N) is 1. The fraction of sp³-hybridized carbons (Fsp3) is 0.612. The van der Waals surface area contributed by atoms with Crippen molar-refractivity contribution in [2.24, 2.45) is 11.7 Å². The highest BCUT2D eigenvalue weighted by Crippen LogP contribution is 2.36. The third kappa shape index (κ3) is 17.3. The molecule has 4 aromatic rings. The van der Waals surface area contributed by atoms with Gasteiger partial charge in [-0.15, -0.1) is 20.4 Å². The maximum Gasteiger partial charge on any atom is 0.327 e. The summed E-state index contributed by atoms with van der Waals surface area (Å²) in [5.74, 6) is 2.49. The Morgan fingerprint density at radius 1 is 0.746 bits per heavy atom. The lowest BCUT2D eigenvalue weighted by Gasteiger charge is -2.38. The van der Waals surface area contributed by atoms with Crippen molar-refractivity contribution in [3.05, 3.63) is 36.4 Å². The first-order valence-electron chi connectivity index (χ1n) is 24.7. The number of aromatic nitrogens is 8. The average Bonchev–Trinajstić information content (AvgIpc) is 4.25. The van der Waals surface area contributed by atoms with Gasteiger partial charge in [0.15, 0.2) is 29.5 Å². The van der Waals surface area contributed by atoms with Gasteiger partial charge in [-0.25, -0.2) is 0 Å². The molecule has 22 nitrogen and oxygen atoms in total. The number of benzene rings is 2. The molecule has 4 aliphatic carbocycles. The Bertz CT molecular complexity index is 2310. The number of nitrogens with zero attached hydrogens (tertiary/aromatic N) is 10. The molecular formula is C49H70N12O10. The molecular weight excluding hydrogens is 917 g/mol. The number of aliphatic hydroxyl groups is 1. The molecule has 2 aromatic carbocycles. The Hall–Kier alpha value is -6.73. The molecule has 0 saturated heterocycles. The topological polar surface area (TPSA) is 298 Å². The highest BCUT2D eigenvalue weighted by atomic mass is 16.7. The first kappa shape index (κ1) is 55.2. The first-order chi connectivity index (χ1) is 34.5. The molecule has 6 aliphatic rings. The largest absolute Gasteiger partial charge is 0.480 e. The monoisotopic (exact) mass is 987 g/mol. The minimum atomic E-state index is -1.02. The van der Waals surface area contributed by atoms with E-state index in [4.69, 9.17) is 45.0 Å². The van der Waals surface area contributed by atoms with Gasteiger partial charge in [0, 0.05) is 42.3 Å². The molecule has 386 valence electrons. The fourth-order valence-corrected chi connectivity index (χ4v) is 9.05. The number of aliphatic hydroxyl groups excluding tert-OH is 1. The number of tetrazole rings is 2. The molecule has 22 heteroatoms. The molecule has 0 radical (unpaired) electrons. The number of carboxylic acid groups (broad SMARTS) is 1. The molecule has 4 heterocycles. The van der Waals surface area contributed by atoms with E-state index >= 15 is 0 Å². The fourth-order valence-electron chi connectivity index (χ4n) is 9.05. The van der Waals surface area contributed by atoms with Crippen LogP contribution >= 0.6 is 0 Å². The zero-order valence-corrected chi connectivity index (χ0v) is 41.2. The highest BCUT2D eigenvalue weighted by molar-refractivity contribution is 5.87. The predicted molar refractivity (Wildman–Crippen MR) is 258 cm³/mol. The molecule has 0 bridgehead atoms. The van der Waals surface area contributed by atoms with Crippen LogP contribution in [0.25, 0.3) is 22.8 Å². The number of hydrogen-bond donors (Lipinski definition) is 4. The second-order valence-electron chi connectivity index (χ2n) is 17.8. The lowest BCUT2D eigenvalue weighted by atomic mass is 9.93. The van der Waals surface area contributed by atoms with Gasteiger partial charge >= 0.3 is 5.97 Å². The number of aliphatic carboxylic acids is 1. The molecule has 4 fully saturated rings. The molecule has 2 amide bonds. The molecule has 71 heavy (non-hydrogen) atoms. The number of aldehydes is 1. The molecule has 1 atom stereocenters. The van der Waals surface area contributed by atoms with Crippen LogP contribution in [0.1, 0.15) is 129 Å². The smallest absolute Gasteiger partial charge is 0.327 e. The maximum atomic E-state index is 13.5. The van der Waals surface area contributed by atoms with E-state index in [1.165, 1.54) is 63.1 Å². The second kappa shape index (κ2) is 29.5. The normalized spacial score (nSPS) is 17.4. The summed E-state index contributed by atoms with van der Waals surface area (Å²) < 4.78 is 21.2. The SMILES string of the molecule is CC(C(=O)NC1CCCC1)N(C(=O)Cn1nnc(-c2ccc3c(c2)OCO3)n1)C1CCCCC1.CC=O.CO.N#CC1CCCC1.NC1CCCCC1.O=C(O)Cn1nnc(-c2ccc3c(c2)OCO3)n1. The minimum absolute atomic E-state index is 0.0578. The van der Waals surface area contributed by atoms with Gasteiger partial charge in [0.25, 0.3) is 0 Å². The van der Waals surface area contributed by atoms with Crippen molar-refractivity contribution in [1.29, 1.82) is 5.26 Å². The summed E-state index contributed by atoms with van der Waals surface area (Å²) >= 11 is 0. The van der Waals surface area contributed by atoms with Gasteiger partial charge in [0.2, 0.25) is 37.0 Å². The first-order valence-corrected chi connectivity index (χ1v) is 24.7. The van der Waals surface area contributed by atoms with Gasteiger partial charge in [0.05, 0.1) is 6.07 Å². The number of nitriles is 1. The number of carbonyl (C=O) groups excluding carboxylic acids is 3. The van der Waals surface area contributed by atoms with Gasteiger partial charge in [-0.05, 0) is 112 Å². The van der Waals surface area contributed by atoms with Crippen molar-refractivity contribution >= 4 is 24.1 Å². The summed E-state index contributed by atoms with van der Waals surface area (Å²) in [7, 11) is 1.00. The third-order valence-electron chi connectivity index (χ3n) is 12.7. The molecule has 1 unspecified atom stereocenters. The van der Waals surface area contributed by atoms with Crippen molar-refractivity contribution in [3.8, 4) is 51.8 Å². The third-order valence-corrected chi connectivity index (χ3v) is 12.7. The average molecular weight is 987 g/mol. The van der Waals surface area contributed by atoms with Gasteiger partial charge < -0.3 is 49.9 Å². The molecule has 2 aromatic heterocycles. The molecule has 2 aliphatic heterocycles. The van der Waals surface area contributed by atoms with Crippen LogP contribution < -0.4 is 30.0 Å². The van der Waals surface area contributed by atoms with E-state index in [9.17, 15) is 14.4 Å². The van der Waals surface area contributed by atoms with E-state index in [1.54, 1.807) is 35.2 Å². The minimum Gasteiger partial charge on any atom is -0.480 e. The highest BCUT2D eigenvalue weighted by Gasteiger charge is 2.34. The predicted octanol–water partition coefficient (Wildman–Crippen LogP) is 5.62. The van der Waals surface area contributed by atoms with E-state index in [2.05, 4.69) is 42.2 Å². The number of ether oxygens (including phenoxy) is 4. The van der Waals surface area contributed by atoms with Crippen LogP contribution in [-0.4, -0.2) is 124 Å². The Balaban J connectivity index is 0.000000208. The van der Waals surface area contributed by atoms with Crippen molar-refractivity contribution in [3.63, 3.8) is 0 Å². The summed E-state index contributed by atoms with van der Waals surface area (Å²) in [5, 5.41) is 51.1. The summed E-state index contributed by atoms with van der Waals surface area (Å²) in [6.07, 6.45) is 21.7. The summed E-state index contributed by atoms with van der Waals surface area (Å²) in [5.41, 5.74) is 7.06. The molecule has 10 rings (SSSR count).